The summed E-state index contributed by atoms with van der Waals surface area (Å²) in [7, 11) is 0. The van der Waals surface area contributed by atoms with E-state index in [-0.39, 0.29) is 6.04 Å². The van der Waals surface area contributed by atoms with Crippen molar-refractivity contribution in [2.24, 2.45) is 17.6 Å². The third-order valence-corrected chi connectivity index (χ3v) is 6.46. The molecule has 1 aromatic heterocycles. The first-order valence-electron chi connectivity index (χ1n) is 7.70. The second kappa shape index (κ2) is 6.91. The Labute approximate surface area is 135 Å². The molecule has 1 saturated heterocycles. The molecular formula is C16H27BrN2S. The zero-order chi connectivity index (χ0) is 14.9. The number of hydrogen-bond acceptors (Lipinski definition) is 3. The van der Waals surface area contributed by atoms with Gasteiger partial charge in [-0.15, -0.1) is 11.3 Å². The topological polar surface area (TPSA) is 29.3 Å². The van der Waals surface area contributed by atoms with Crippen LogP contribution in [0.25, 0.3) is 0 Å². The zero-order valence-electron chi connectivity index (χ0n) is 13.0. The summed E-state index contributed by atoms with van der Waals surface area (Å²) in [5.74, 6) is 1.50. The van der Waals surface area contributed by atoms with Crippen LogP contribution in [0.4, 0.5) is 0 Å². The van der Waals surface area contributed by atoms with Crippen LogP contribution in [-0.2, 0) is 0 Å². The average molecular weight is 359 g/mol. The molecule has 1 fully saturated rings. The summed E-state index contributed by atoms with van der Waals surface area (Å²) in [6.45, 7) is 10.5. The Balaban J connectivity index is 2.30. The van der Waals surface area contributed by atoms with Gasteiger partial charge in [-0.2, -0.15) is 0 Å². The maximum atomic E-state index is 6.49. The van der Waals surface area contributed by atoms with E-state index in [9.17, 15) is 0 Å². The summed E-state index contributed by atoms with van der Waals surface area (Å²) >= 11 is 5.43. The van der Waals surface area contributed by atoms with Crippen molar-refractivity contribution in [3.63, 3.8) is 0 Å². The van der Waals surface area contributed by atoms with Crippen LogP contribution in [0.2, 0.25) is 0 Å². The lowest BCUT2D eigenvalue weighted by Gasteiger charge is -2.46. The van der Waals surface area contributed by atoms with E-state index < -0.39 is 0 Å². The minimum absolute atomic E-state index is 0.209. The van der Waals surface area contributed by atoms with Gasteiger partial charge in [-0.05, 0) is 59.7 Å². The molecule has 1 aliphatic rings. The van der Waals surface area contributed by atoms with Gasteiger partial charge in [-0.1, -0.05) is 20.8 Å². The largest absolute Gasteiger partial charge is 0.326 e. The summed E-state index contributed by atoms with van der Waals surface area (Å²) in [5, 5.41) is 0. The summed E-state index contributed by atoms with van der Waals surface area (Å²) in [6.07, 6.45) is 2.35. The first-order valence-corrected chi connectivity index (χ1v) is 9.31. The number of nitrogens with zero attached hydrogens (tertiary/aromatic N) is 1. The average Bonchev–Trinajstić information content (AvgIpc) is 2.81. The van der Waals surface area contributed by atoms with Gasteiger partial charge in [0.1, 0.15) is 0 Å². The summed E-state index contributed by atoms with van der Waals surface area (Å²) in [4.78, 5) is 4.06. The Hall–Kier alpha value is 0.1000. The van der Waals surface area contributed by atoms with Crippen LogP contribution < -0.4 is 5.73 Å². The highest BCUT2D eigenvalue weighted by Crippen LogP contribution is 2.39. The maximum Gasteiger partial charge on any atom is 0.0702 e. The molecule has 5 atom stereocenters. The van der Waals surface area contributed by atoms with Crippen LogP contribution >= 0.6 is 27.3 Å². The van der Waals surface area contributed by atoms with Crippen molar-refractivity contribution >= 4 is 27.3 Å². The lowest BCUT2D eigenvalue weighted by Crippen LogP contribution is -2.51. The summed E-state index contributed by atoms with van der Waals surface area (Å²) in [5.41, 5.74) is 6.49. The fourth-order valence-electron chi connectivity index (χ4n) is 3.46. The normalized spacial score (nSPS) is 31.2. The molecule has 0 amide bonds. The number of halogens is 1. The minimum atomic E-state index is 0.209. The monoisotopic (exact) mass is 358 g/mol. The van der Waals surface area contributed by atoms with Crippen molar-refractivity contribution in [3.8, 4) is 0 Å². The molecule has 0 saturated carbocycles. The van der Waals surface area contributed by atoms with E-state index in [1.54, 1.807) is 0 Å². The highest BCUT2D eigenvalue weighted by Gasteiger charge is 2.36. The third-order valence-electron chi connectivity index (χ3n) is 4.76. The summed E-state index contributed by atoms with van der Waals surface area (Å²) < 4.78 is 1.20. The standard InChI is InChI=1S/C16H27BrN2S/c1-5-13(18)16(14-6-7-15(17)20-14)19-9-10(2)8-11(3)12(19)4/h6-7,10-13,16H,5,8-9,18H2,1-4H3. The molecule has 0 spiro atoms. The number of rotatable bonds is 4. The van der Waals surface area contributed by atoms with Crippen molar-refractivity contribution in [2.45, 2.75) is 58.7 Å². The Kier molecular flexibility index (Phi) is 5.69. The van der Waals surface area contributed by atoms with E-state index in [0.717, 1.165) is 18.3 Å². The molecule has 2 nitrogen and oxygen atoms in total. The van der Waals surface area contributed by atoms with E-state index in [4.69, 9.17) is 5.73 Å². The number of likely N-dealkylation sites (tertiary alicyclic amines) is 1. The predicted octanol–water partition coefficient (Wildman–Crippen LogP) is 4.66. The molecule has 1 aliphatic heterocycles. The Bertz CT molecular complexity index is 434. The third kappa shape index (κ3) is 3.46. The molecule has 2 heterocycles. The lowest BCUT2D eigenvalue weighted by atomic mass is 9.83. The maximum absolute atomic E-state index is 6.49. The van der Waals surface area contributed by atoms with Crippen molar-refractivity contribution in [3.05, 3.63) is 20.8 Å². The van der Waals surface area contributed by atoms with Crippen molar-refractivity contribution in [2.75, 3.05) is 6.54 Å². The zero-order valence-corrected chi connectivity index (χ0v) is 15.4. The van der Waals surface area contributed by atoms with E-state index in [1.807, 2.05) is 11.3 Å². The van der Waals surface area contributed by atoms with Crippen LogP contribution in [0.15, 0.2) is 15.9 Å². The number of hydrogen-bond donors (Lipinski definition) is 1. The van der Waals surface area contributed by atoms with Crippen LogP contribution in [0, 0.1) is 11.8 Å². The van der Waals surface area contributed by atoms with Gasteiger partial charge in [-0.3, -0.25) is 4.90 Å². The van der Waals surface area contributed by atoms with E-state index in [2.05, 4.69) is 60.7 Å². The second-order valence-corrected chi connectivity index (χ2v) is 8.91. The van der Waals surface area contributed by atoms with Gasteiger partial charge in [0.15, 0.2) is 0 Å². The van der Waals surface area contributed by atoms with Gasteiger partial charge >= 0.3 is 0 Å². The van der Waals surface area contributed by atoms with Gasteiger partial charge in [-0.25, -0.2) is 0 Å². The first kappa shape index (κ1) is 16.5. The molecule has 20 heavy (non-hydrogen) atoms. The van der Waals surface area contributed by atoms with Gasteiger partial charge < -0.3 is 5.73 Å². The molecule has 5 unspecified atom stereocenters. The molecule has 114 valence electrons. The molecule has 4 heteroatoms. The van der Waals surface area contributed by atoms with Crippen LogP contribution in [0.3, 0.4) is 0 Å². The van der Waals surface area contributed by atoms with E-state index >= 15 is 0 Å². The van der Waals surface area contributed by atoms with Crippen molar-refractivity contribution in [1.29, 1.82) is 0 Å². The van der Waals surface area contributed by atoms with Gasteiger partial charge in [0.25, 0.3) is 0 Å². The fraction of sp³-hybridized carbons (Fsp3) is 0.750. The minimum Gasteiger partial charge on any atom is -0.326 e. The number of piperidine rings is 1. The van der Waals surface area contributed by atoms with Crippen LogP contribution in [-0.4, -0.2) is 23.5 Å². The van der Waals surface area contributed by atoms with Gasteiger partial charge in [0.2, 0.25) is 0 Å². The molecule has 0 radical (unpaired) electrons. The molecular weight excluding hydrogens is 332 g/mol. The highest BCUT2D eigenvalue weighted by molar-refractivity contribution is 9.11. The smallest absolute Gasteiger partial charge is 0.0702 e. The van der Waals surface area contributed by atoms with Crippen molar-refractivity contribution < 1.29 is 0 Å². The van der Waals surface area contributed by atoms with Gasteiger partial charge in [0, 0.05) is 23.5 Å². The highest BCUT2D eigenvalue weighted by atomic mass is 79.9. The second-order valence-electron chi connectivity index (χ2n) is 6.41. The number of thiophene rings is 1. The molecule has 2 rings (SSSR count). The predicted molar refractivity (Wildman–Crippen MR) is 92.1 cm³/mol. The van der Waals surface area contributed by atoms with Crippen LogP contribution in [0.5, 0.6) is 0 Å². The molecule has 0 bridgehead atoms. The SMILES string of the molecule is CCC(N)C(c1ccc(Br)s1)N1CC(C)CC(C)C1C. The van der Waals surface area contributed by atoms with E-state index in [1.165, 1.54) is 21.6 Å². The lowest BCUT2D eigenvalue weighted by molar-refractivity contribution is 0.0301. The van der Waals surface area contributed by atoms with Crippen LogP contribution in [0.1, 0.15) is 51.5 Å². The Morgan fingerprint density at radius 1 is 1.40 bits per heavy atom. The van der Waals surface area contributed by atoms with Crippen molar-refractivity contribution in [1.82, 2.24) is 4.90 Å². The first-order chi connectivity index (χ1) is 9.43. The fourth-order valence-corrected chi connectivity index (χ4v) is 5.08. The van der Waals surface area contributed by atoms with E-state index in [0.29, 0.717) is 12.1 Å². The molecule has 0 aromatic carbocycles. The summed E-state index contributed by atoms with van der Waals surface area (Å²) in [6, 6.07) is 5.56. The number of nitrogens with two attached hydrogens (primary N) is 1. The Morgan fingerprint density at radius 2 is 2.10 bits per heavy atom. The van der Waals surface area contributed by atoms with Gasteiger partial charge in [0.05, 0.1) is 9.83 Å². The Morgan fingerprint density at radius 3 is 2.65 bits per heavy atom. The molecule has 2 N–H and O–H groups in total. The molecule has 1 aromatic rings. The molecule has 0 aliphatic carbocycles. The quantitative estimate of drug-likeness (QED) is 0.848.